The van der Waals surface area contributed by atoms with Crippen LogP contribution < -0.4 is 19.3 Å². The number of aryl methyl sites for hydroxylation is 1. The van der Waals surface area contributed by atoms with Gasteiger partial charge in [-0.1, -0.05) is 12.1 Å². The van der Waals surface area contributed by atoms with Crippen LogP contribution in [0.15, 0.2) is 47.4 Å². The molecule has 0 saturated carbocycles. The molecule has 0 aromatic heterocycles. The molecule has 0 aliphatic carbocycles. The molecule has 0 atom stereocenters. The number of carboxylic acids is 1. The van der Waals surface area contributed by atoms with Crippen molar-refractivity contribution >= 4 is 21.7 Å². The Labute approximate surface area is 146 Å². The van der Waals surface area contributed by atoms with Crippen molar-refractivity contribution in [1.29, 1.82) is 0 Å². The molecule has 0 saturated heterocycles. The Bertz CT molecular complexity index is 846. The Morgan fingerprint density at radius 2 is 1.76 bits per heavy atom. The Kier molecular flexibility index (Phi) is 5.87. The average molecular weight is 364 g/mol. The van der Waals surface area contributed by atoms with Crippen LogP contribution in [0.1, 0.15) is 12.0 Å². The molecule has 2 aromatic rings. The van der Waals surface area contributed by atoms with E-state index in [1.807, 2.05) is 0 Å². The van der Waals surface area contributed by atoms with Gasteiger partial charge in [-0.05, 0) is 42.7 Å². The maximum atomic E-state index is 12.5. The quantitative estimate of drug-likeness (QED) is 0.754. The van der Waals surface area contributed by atoms with Crippen molar-refractivity contribution in [2.45, 2.75) is 17.7 Å². The van der Waals surface area contributed by atoms with Crippen molar-refractivity contribution in [2.75, 3.05) is 18.9 Å². The van der Waals surface area contributed by atoms with Crippen LogP contribution in [0.25, 0.3) is 0 Å². The maximum Gasteiger partial charge on any atom is 0.262 e. The SMILES string of the molecule is COc1ccc(NS(=O)(=O)c2ccc(CCC(=O)[O-])cc2)c(OC)c1. The number of anilines is 1. The van der Waals surface area contributed by atoms with Crippen molar-refractivity contribution in [3.63, 3.8) is 0 Å². The van der Waals surface area contributed by atoms with Crippen LogP contribution in [0.5, 0.6) is 11.5 Å². The number of benzene rings is 2. The van der Waals surface area contributed by atoms with Gasteiger partial charge in [0, 0.05) is 12.0 Å². The fourth-order valence-electron chi connectivity index (χ4n) is 2.17. The number of sulfonamides is 1. The number of carboxylic acid groups (broad SMARTS) is 1. The minimum Gasteiger partial charge on any atom is -0.550 e. The van der Waals surface area contributed by atoms with E-state index in [0.29, 0.717) is 17.1 Å². The third-order valence-corrected chi connectivity index (χ3v) is 4.89. The molecule has 7 nitrogen and oxygen atoms in total. The second-order valence-electron chi connectivity index (χ2n) is 5.19. The van der Waals surface area contributed by atoms with Crippen molar-refractivity contribution in [2.24, 2.45) is 0 Å². The number of aliphatic carboxylic acids is 1. The second-order valence-corrected chi connectivity index (χ2v) is 6.87. The lowest BCUT2D eigenvalue weighted by Gasteiger charge is -2.13. The molecular formula is C17H18NO6S-. The minimum atomic E-state index is -3.81. The number of nitrogens with one attached hydrogen (secondary N) is 1. The summed E-state index contributed by atoms with van der Waals surface area (Å²) in [5.41, 5.74) is 0.995. The summed E-state index contributed by atoms with van der Waals surface area (Å²) in [6.07, 6.45) is 0.162. The van der Waals surface area contributed by atoms with Crippen molar-refractivity contribution < 1.29 is 27.8 Å². The summed E-state index contributed by atoms with van der Waals surface area (Å²) in [4.78, 5) is 10.5. The van der Waals surface area contributed by atoms with E-state index in [0.717, 1.165) is 0 Å². The van der Waals surface area contributed by atoms with E-state index < -0.39 is 16.0 Å². The lowest BCUT2D eigenvalue weighted by atomic mass is 10.1. The number of rotatable bonds is 8. The zero-order valence-electron chi connectivity index (χ0n) is 13.8. The largest absolute Gasteiger partial charge is 0.550 e. The van der Waals surface area contributed by atoms with Gasteiger partial charge in [-0.25, -0.2) is 8.42 Å². The first-order valence-corrected chi connectivity index (χ1v) is 8.87. The van der Waals surface area contributed by atoms with Gasteiger partial charge in [0.05, 0.1) is 24.8 Å². The predicted octanol–water partition coefficient (Wildman–Crippen LogP) is 1.19. The zero-order chi connectivity index (χ0) is 18.4. The standard InChI is InChI=1S/C17H19NO6S/c1-23-13-6-9-15(16(11-13)24-2)18-25(21,22)14-7-3-12(4-8-14)5-10-17(19)20/h3-4,6-9,11,18H,5,10H2,1-2H3,(H,19,20)/p-1. The predicted molar refractivity (Wildman–Crippen MR) is 90.1 cm³/mol. The fourth-order valence-corrected chi connectivity index (χ4v) is 3.24. The van der Waals surface area contributed by atoms with E-state index in [1.165, 1.54) is 26.4 Å². The molecule has 0 aliphatic rings. The number of hydrogen-bond donors (Lipinski definition) is 1. The summed E-state index contributed by atoms with van der Waals surface area (Å²) >= 11 is 0. The molecule has 1 N–H and O–H groups in total. The first kappa shape index (κ1) is 18.6. The number of ether oxygens (including phenoxy) is 2. The third kappa shape index (κ3) is 4.87. The molecule has 0 bridgehead atoms. The van der Waals surface area contributed by atoms with Gasteiger partial charge in [0.15, 0.2) is 0 Å². The third-order valence-electron chi connectivity index (χ3n) is 3.50. The lowest BCUT2D eigenvalue weighted by molar-refractivity contribution is -0.305. The van der Waals surface area contributed by atoms with Gasteiger partial charge in [-0.3, -0.25) is 4.72 Å². The first-order valence-electron chi connectivity index (χ1n) is 7.39. The molecule has 2 rings (SSSR count). The summed E-state index contributed by atoms with van der Waals surface area (Å²) in [6.45, 7) is 0. The Morgan fingerprint density at radius 1 is 1.08 bits per heavy atom. The Morgan fingerprint density at radius 3 is 2.32 bits per heavy atom. The molecule has 8 heteroatoms. The number of hydrogen-bond acceptors (Lipinski definition) is 6. The smallest absolute Gasteiger partial charge is 0.262 e. The van der Waals surface area contributed by atoms with Crippen LogP contribution in [0.2, 0.25) is 0 Å². The van der Waals surface area contributed by atoms with Crippen LogP contribution in [-0.4, -0.2) is 28.6 Å². The van der Waals surface area contributed by atoms with Crippen molar-refractivity contribution in [3.05, 3.63) is 48.0 Å². The van der Waals surface area contributed by atoms with Crippen LogP contribution in [0, 0.1) is 0 Å². The van der Waals surface area contributed by atoms with E-state index in [4.69, 9.17) is 9.47 Å². The summed E-state index contributed by atoms with van der Waals surface area (Å²) in [5, 5.41) is 10.5. The normalized spacial score (nSPS) is 11.0. The van der Waals surface area contributed by atoms with Gasteiger partial charge in [0.1, 0.15) is 11.5 Å². The Hall–Kier alpha value is -2.74. The van der Waals surface area contributed by atoms with Gasteiger partial charge in [-0.15, -0.1) is 0 Å². The first-order chi connectivity index (χ1) is 11.9. The highest BCUT2D eigenvalue weighted by atomic mass is 32.2. The maximum absolute atomic E-state index is 12.5. The number of methoxy groups -OCH3 is 2. The molecule has 0 spiro atoms. The molecule has 2 aromatic carbocycles. The van der Waals surface area contributed by atoms with Crippen LogP contribution in [0.3, 0.4) is 0 Å². The highest BCUT2D eigenvalue weighted by Gasteiger charge is 2.17. The summed E-state index contributed by atoms with van der Waals surface area (Å²) in [6, 6.07) is 10.7. The zero-order valence-corrected chi connectivity index (χ0v) is 14.6. The van der Waals surface area contributed by atoms with Crippen molar-refractivity contribution in [1.82, 2.24) is 0 Å². The van der Waals surface area contributed by atoms with Gasteiger partial charge in [0.2, 0.25) is 0 Å². The molecule has 134 valence electrons. The second kappa shape index (κ2) is 7.89. The average Bonchev–Trinajstić information content (AvgIpc) is 2.60. The number of carbonyl (C=O) groups excluding carboxylic acids is 1. The van der Waals surface area contributed by atoms with Crippen LogP contribution >= 0.6 is 0 Å². The van der Waals surface area contributed by atoms with Gasteiger partial charge in [-0.2, -0.15) is 0 Å². The van der Waals surface area contributed by atoms with Crippen LogP contribution in [0.4, 0.5) is 5.69 Å². The van der Waals surface area contributed by atoms with E-state index in [1.54, 1.807) is 30.3 Å². The fraction of sp³-hybridized carbons (Fsp3) is 0.235. The molecule has 0 heterocycles. The monoisotopic (exact) mass is 364 g/mol. The molecule has 25 heavy (non-hydrogen) atoms. The van der Waals surface area contributed by atoms with E-state index in [-0.39, 0.29) is 23.4 Å². The van der Waals surface area contributed by atoms with Crippen LogP contribution in [-0.2, 0) is 21.2 Å². The summed E-state index contributed by atoms with van der Waals surface area (Å²) in [7, 11) is -0.883. The molecule has 0 amide bonds. The minimum absolute atomic E-state index is 0.0579. The lowest BCUT2D eigenvalue weighted by Crippen LogP contribution is -2.22. The van der Waals surface area contributed by atoms with E-state index >= 15 is 0 Å². The van der Waals surface area contributed by atoms with E-state index in [2.05, 4.69) is 4.72 Å². The molecule has 0 radical (unpaired) electrons. The molecule has 0 unspecified atom stereocenters. The highest BCUT2D eigenvalue weighted by Crippen LogP contribution is 2.30. The molecule has 0 fully saturated rings. The topological polar surface area (TPSA) is 105 Å². The highest BCUT2D eigenvalue weighted by molar-refractivity contribution is 7.92. The number of carbonyl (C=O) groups is 1. The summed E-state index contributed by atoms with van der Waals surface area (Å²) < 4.78 is 37.7. The Balaban J connectivity index is 2.20. The van der Waals surface area contributed by atoms with Gasteiger partial charge >= 0.3 is 0 Å². The van der Waals surface area contributed by atoms with E-state index in [9.17, 15) is 18.3 Å². The van der Waals surface area contributed by atoms with Gasteiger partial charge < -0.3 is 19.4 Å². The molecular weight excluding hydrogens is 346 g/mol. The summed E-state index contributed by atoms with van der Waals surface area (Å²) in [5.74, 6) is -0.282. The molecule has 0 aliphatic heterocycles. The van der Waals surface area contributed by atoms with Crippen molar-refractivity contribution in [3.8, 4) is 11.5 Å². The van der Waals surface area contributed by atoms with Gasteiger partial charge in [0.25, 0.3) is 10.0 Å².